The fourth-order valence-electron chi connectivity index (χ4n) is 1.80. The van der Waals surface area contributed by atoms with Crippen LogP contribution in [-0.2, 0) is 4.74 Å². The molecule has 1 aliphatic rings. The molecule has 1 aromatic heterocycles. The zero-order valence-electron chi connectivity index (χ0n) is 9.23. The SMILES string of the molecule is Nc1ccn(C2OC(CO)C(O)[C@@]2(F)P)c(=O)n1. The molecule has 7 nitrogen and oxygen atoms in total. The van der Waals surface area contributed by atoms with Crippen LogP contribution in [0.2, 0.25) is 0 Å². The summed E-state index contributed by atoms with van der Waals surface area (Å²) in [6, 6.07) is 1.31. The van der Waals surface area contributed by atoms with Crippen LogP contribution in [0, 0.1) is 0 Å². The minimum Gasteiger partial charge on any atom is -0.394 e. The Bertz CT molecular complexity index is 509. The Hall–Kier alpha value is -1.08. The second-order valence-electron chi connectivity index (χ2n) is 4.02. The second-order valence-corrected chi connectivity index (χ2v) is 4.91. The van der Waals surface area contributed by atoms with E-state index < -0.39 is 36.1 Å². The molecule has 100 valence electrons. The Morgan fingerprint density at radius 1 is 1.72 bits per heavy atom. The smallest absolute Gasteiger partial charge is 0.351 e. The third-order valence-corrected chi connectivity index (χ3v) is 3.40. The quantitative estimate of drug-likeness (QED) is 0.574. The predicted molar refractivity (Wildman–Crippen MR) is 63.5 cm³/mol. The number of nitrogen functional groups attached to an aromatic ring is 1. The topological polar surface area (TPSA) is 111 Å². The number of aliphatic hydroxyl groups is 2. The molecule has 0 aromatic carbocycles. The standard InChI is InChI=1S/C9H13FN3O4P/c10-9(18)6(15)4(3-14)17-7(9)13-2-1-5(11)12-8(13)16/h1-2,4,6-7,14-15H,3,18H2,(H2,11,12,16)/t4?,6?,7?,9-/m1/s1. The average molecular weight is 277 g/mol. The van der Waals surface area contributed by atoms with Crippen LogP contribution in [0.5, 0.6) is 0 Å². The van der Waals surface area contributed by atoms with Gasteiger partial charge in [-0.1, -0.05) is 9.24 Å². The van der Waals surface area contributed by atoms with Crippen LogP contribution >= 0.6 is 9.24 Å². The Balaban J connectivity index is 2.42. The van der Waals surface area contributed by atoms with Gasteiger partial charge in [-0.05, 0) is 6.07 Å². The monoisotopic (exact) mass is 277 g/mol. The summed E-state index contributed by atoms with van der Waals surface area (Å²) in [7, 11) is 1.80. The van der Waals surface area contributed by atoms with E-state index in [1.165, 1.54) is 12.3 Å². The maximum absolute atomic E-state index is 14.3. The number of nitrogens with two attached hydrogens (primary N) is 1. The van der Waals surface area contributed by atoms with Gasteiger partial charge in [0, 0.05) is 6.20 Å². The first kappa shape index (κ1) is 13.4. The number of nitrogens with zero attached hydrogens (tertiary/aromatic N) is 2. The molecule has 0 spiro atoms. The van der Waals surface area contributed by atoms with Gasteiger partial charge in [0.1, 0.15) is 18.0 Å². The summed E-state index contributed by atoms with van der Waals surface area (Å²) in [6.07, 6.45) is -2.85. The van der Waals surface area contributed by atoms with E-state index in [1.54, 1.807) is 9.24 Å². The highest BCUT2D eigenvalue weighted by Gasteiger charge is 2.55. The van der Waals surface area contributed by atoms with Gasteiger partial charge in [-0.2, -0.15) is 4.98 Å². The van der Waals surface area contributed by atoms with Crippen LogP contribution in [-0.4, -0.2) is 44.0 Å². The van der Waals surface area contributed by atoms with Crippen molar-refractivity contribution in [3.8, 4) is 0 Å². The van der Waals surface area contributed by atoms with E-state index in [4.69, 9.17) is 15.6 Å². The molecule has 0 radical (unpaired) electrons. The van der Waals surface area contributed by atoms with E-state index >= 15 is 0 Å². The lowest BCUT2D eigenvalue weighted by atomic mass is 10.1. The third kappa shape index (κ3) is 2.01. The van der Waals surface area contributed by atoms with Crippen molar-refractivity contribution < 1.29 is 19.3 Å². The number of rotatable bonds is 2. The Labute approximate surface area is 104 Å². The summed E-state index contributed by atoms with van der Waals surface area (Å²) in [5, 5.41) is 16.3. The number of ether oxygens (including phenoxy) is 1. The van der Waals surface area contributed by atoms with Gasteiger partial charge in [-0.15, -0.1) is 0 Å². The van der Waals surface area contributed by atoms with Crippen LogP contribution < -0.4 is 11.4 Å². The number of anilines is 1. The molecule has 4 unspecified atom stereocenters. The van der Waals surface area contributed by atoms with Gasteiger partial charge >= 0.3 is 5.69 Å². The highest BCUT2D eigenvalue weighted by Crippen LogP contribution is 2.45. The molecule has 2 rings (SSSR count). The summed E-state index contributed by atoms with van der Waals surface area (Å²) in [5.41, 5.74) is 4.52. The molecule has 1 saturated heterocycles. The van der Waals surface area contributed by atoms with Crippen molar-refractivity contribution >= 4 is 15.1 Å². The first-order valence-electron chi connectivity index (χ1n) is 5.14. The van der Waals surface area contributed by atoms with Crippen molar-refractivity contribution in [1.29, 1.82) is 0 Å². The summed E-state index contributed by atoms with van der Waals surface area (Å²) < 4.78 is 20.3. The van der Waals surface area contributed by atoms with Crippen LogP contribution in [0.25, 0.3) is 0 Å². The minimum atomic E-state index is -2.30. The molecule has 5 atom stereocenters. The summed E-state index contributed by atoms with van der Waals surface area (Å²) in [5.74, 6) is 0.00159. The largest absolute Gasteiger partial charge is 0.394 e. The highest BCUT2D eigenvalue weighted by atomic mass is 31.0. The number of hydrogen-bond donors (Lipinski definition) is 3. The number of alkyl halides is 1. The van der Waals surface area contributed by atoms with Crippen molar-refractivity contribution in [2.75, 3.05) is 12.3 Å². The van der Waals surface area contributed by atoms with Gasteiger partial charge in [0.2, 0.25) is 0 Å². The number of hydrogen-bond acceptors (Lipinski definition) is 6. The molecule has 0 amide bonds. The molecule has 4 N–H and O–H groups in total. The van der Waals surface area contributed by atoms with Gasteiger partial charge in [0.15, 0.2) is 11.6 Å². The highest BCUT2D eigenvalue weighted by molar-refractivity contribution is 7.18. The Kier molecular flexibility index (Phi) is 3.37. The normalized spacial score (nSPS) is 35.9. The van der Waals surface area contributed by atoms with E-state index in [0.29, 0.717) is 0 Å². The minimum absolute atomic E-state index is 0.00159. The lowest BCUT2D eigenvalue weighted by molar-refractivity contribution is -0.0512. The zero-order chi connectivity index (χ0) is 13.5. The van der Waals surface area contributed by atoms with Crippen LogP contribution in [0.1, 0.15) is 6.23 Å². The first-order chi connectivity index (χ1) is 8.37. The molecule has 18 heavy (non-hydrogen) atoms. The van der Waals surface area contributed by atoms with Gasteiger partial charge in [0.25, 0.3) is 0 Å². The Morgan fingerprint density at radius 2 is 2.39 bits per heavy atom. The molecule has 1 fully saturated rings. The van der Waals surface area contributed by atoms with Gasteiger partial charge in [-0.25, -0.2) is 9.18 Å². The first-order valence-corrected chi connectivity index (χ1v) is 5.72. The fraction of sp³-hybridized carbons (Fsp3) is 0.556. The van der Waals surface area contributed by atoms with E-state index in [-0.39, 0.29) is 5.82 Å². The second kappa shape index (κ2) is 4.55. The molecule has 0 bridgehead atoms. The van der Waals surface area contributed by atoms with Crippen LogP contribution in [0.15, 0.2) is 17.1 Å². The number of halogens is 1. The van der Waals surface area contributed by atoms with Crippen LogP contribution in [0.3, 0.4) is 0 Å². The van der Waals surface area contributed by atoms with E-state index in [2.05, 4.69) is 4.98 Å². The number of aromatic nitrogens is 2. The van der Waals surface area contributed by atoms with Crippen molar-refractivity contribution in [3.63, 3.8) is 0 Å². The average Bonchev–Trinajstić information content (AvgIpc) is 2.52. The lowest BCUT2D eigenvalue weighted by Crippen LogP contribution is -2.40. The Morgan fingerprint density at radius 3 is 2.89 bits per heavy atom. The molecule has 0 aliphatic carbocycles. The van der Waals surface area contributed by atoms with Crippen molar-refractivity contribution in [2.45, 2.75) is 23.8 Å². The molecule has 0 saturated carbocycles. The maximum Gasteiger partial charge on any atom is 0.351 e. The van der Waals surface area contributed by atoms with E-state index in [0.717, 1.165) is 4.57 Å². The molecule has 1 aromatic rings. The molecular formula is C9H13FN3O4P. The summed E-state index contributed by atoms with van der Waals surface area (Å²) in [4.78, 5) is 15.0. The van der Waals surface area contributed by atoms with Crippen molar-refractivity contribution in [3.05, 3.63) is 22.7 Å². The zero-order valence-corrected chi connectivity index (χ0v) is 10.4. The lowest BCUT2D eigenvalue weighted by Gasteiger charge is -2.24. The third-order valence-electron chi connectivity index (χ3n) is 2.77. The van der Waals surface area contributed by atoms with Crippen molar-refractivity contribution in [2.24, 2.45) is 0 Å². The van der Waals surface area contributed by atoms with Gasteiger partial charge in [-0.3, -0.25) is 4.57 Å². The predicted octanol–water partition coefficient (Wildman–Crippen LogP) is -1.38. The fourth-order valence-corrected chi connectivity index (χ4v) is 2.26. The molecular weight excluding hydrogens is 264 g/mol. The van der Waals surface area contributed by atoms with Gasteiger partial charge in [0.05, 0.1) is 6.61 Å². The summed E-state index contributed by atoms with van der Waals surface area (Å²) >= 11 is 0. The molecule has 2 heterocycles. The van der Waals surface area contributed by atoms with E-state index in [1.807, 2.05) is 0 Å². The number of aliphatic hydroxyl groups excluding tert-OH is 2. The van der Waals surface area contributed by atoms with Crippen molar-refractivity contribution in [1.82, 2.24) is 9.55 Å². The van der Waals surface area contributed by atoms with Crippen LogP contribution in [0.4, 0.5) is 10.2 Å². The summed E-state index contributed by atoms with van der Waals surface area (Å²) in [6.45, 7) is -0.561. The maximum atomic E-state index is 14.3. The van der Waals surface area contributed by atoms with Gasteiger partial charge < -0.3 is 20.7 Å². The molecule has 9 heteroatoms. The molecule has 1 aliphatic heterocycles. The van der Waals surface area contributed by atoms with E-state index in [9.17, 15) is 14.3 Å².